The van der Waals surface area contributed by atoms with Gasteiger partial charge >= 0.3 is 0 Å². The van der Waals surface area contributed by atoms with Crippen LogP contribution in [0.2, 0.25) is 0 Å². The van der Waals surface area contributed by atoms with Crippen molar-refractivity contribution in [1.82, 2.24) is 10.3 Å². The van der Waals surface area contributed by atoms with Gasteiger partial charge in [0.25, 0.3) is 5.91 Å². The van der Waals surface area contributed by atoms with Crippen LogP contribution in [0.1, 0.15) is 40.4 Å². The summed E-state index contributed by atoms with van der Waals surface area (Å²) < 4.78 is 5.57. The smallest absolute Gasteiger partial charge is 0.251 e. The molecule has 2 aliphatic rings. The number of carbonyl (C=O) groups is 1. The Morgan fingerprint density at radius 1 is 1.25 bits per heavy atom. The molecule has 2 aromatic rings. The number of nitrogens with zero attached hydrogens (tertiary/aromatic N) is 1. The Bertz CT molecular complexity index is 742. The molecule has 4 rings (SSSR count). The van der Waals surface area contributed by atoms with Crippen molar-refractivity contribution < 1.29 is 14.6 Å². The fraction of sp³-hybridized carbons (Fsp3) is 0.368. The SMILES string of the molecule is O=C(N[C@H](c1ccc2c(c1)CCO2)C1CC(O)C1)c1ccncc1. The van der Waals surface area contributed by atoms with Gasteiger partial charge in [0, 0.05) is 24.4 Å². The van der Waals surface area contributed by atoms with Gasteiger partial charge in [-0.2, -0.15) is 0 Å². The molecule has 0 saturated heterocycles. The van der Waals surface area contributed by atoms with Crippen molar-refractivity contribution in [2.75, 3.05) is 6.61 Å². The van der Waals surface area contributed by atoms with E-state index in [1.165, 1.54) is 5.56 Å². The second kappa shape index (κ2) is 6.24. The highest BCUT2D eigenvalue weighted by Crippen LogP contribution is 2.39. The molecule has 0 radical (unpaired) electrons. The van der Waals surface area contributed by atoms with Gasteiger partial charge in [-0.1, -0.05) is 6.07 Å². The maximum absolute atomic E-state index is 12.6. The average molecular weight is 324 g/mol. The van der Waals surface area contributed by atoms with Gasteiger partial charge in [-0.05, 0) is 54.2 Å². The second-order valence-electron chi connectivity index (χ2n) is 6.54. The van der Waals surface area contributed by atoms with E-state index < -0.39 is 0 Å². The van der Waals surface area contributed by atoms with E-state index in [1.54, 1.807) is 24.5 Å². The van der Waals surface area contributed by atoms with Crippen molar-refractivity contribution in [3.63, 3.8) is 0 Å². The van der Waals surface area contributed by atoms with Gasteiger partial charge in [-0.3, -0.25) is 9.78 Å². The molecular formula is C19H20N2O3. The molecule has 24 heavy (non-hydrogen) atoms. The number of amides is 1. The number of hydrogen-bond donors (Lipinski definition) is 2. The van der Waals surface area contributed by atoms with E-state index in [0.717, 1.165) is 37.2 Å². The minimum Gasteiger partial charge on any atom is -0.493 e. The number of nitrogens with one attached hydrogen (secondary N) is 1. The third-order valence-electron chi connectivity index (χ3n) is 4.92. The van der Waals surface area contributed by atoms with Crippen molar-refractivity contribution in [3.05, 3.63) is 59.4 Å². The van der Waals surface area contributed by atoms with Crippen LogP contribution in [-0.2, 0) is 6.42 Å². The van der Waals surface area contributed by atoms with E-state index >= 15 is 0 Å². The van der Waals surface area contributed by atoms with E-state index in [-0.39, 0.29) is 24.0 Å². The number of pyridine rings is 1. The molecule has 1 fully saturated rings. The van der Waals surface area contributed by atoms with Gasteiger partial charge in [0.2, 0.25) is 0 Å². The number of rotatable bonds is 4. The van der Waals surface area contributed by atoms with E-state index in [2.05, 4.69) is 16.4 Å². The van der Waals surface area contributed by atoms with Crippen LogP contribution in [0.15, 0.2) is 42.7 Å². The monoisotopic (exact) mass is 324 g/mol. The van der Waals surface area contributed by atoms with Crippen LogP contribution < -0.4 is 10.1 Å². The third-order valence-corrected chi connectivity index (χ3v) is 4.92. The Hall–Kier alpha value is -2.40. The van der Waals surface area contributed by atoms with Crippen molar-refractivity contribution in [1.29, 1.82) is 0 Å². The minimum atomic E-state index is -0.256. The number of fused-ring (bicyclic) bond motifs is 1. The Morgan fingerprint density at radius 2 is 2.04 bits per heavy atom. The second-order valence-corrected chi connectivity index (χ2v) is 6.54. The number of aromatic nitrogens is 1. The van der Waals surface area contributed by atoms with Crippen LogP contribution in [0.3, 0.4) is 0 Å². The lowest BCUT2D eigenvalue weighted by Crippen LogP contribution is -2.41. The number of carbonyl (C=O) groups excluding carboxylic acids is 1. The standard InChI is InChI=1S/C19H20N2O3/c22-16-10-15(11-16)18(21-19(23)12-3-6-20-7-4-12)14-1-2-17-13(9-14)5-8-24-17/h1-4,6-7,9,15-16,18,22H,5,8,10-11H2,(H,21,23)/t15?,16?,18-/m1/s1. The predicted molar refractivity (Wildman–Crippen MR) is 88.8 cm³/mol. The molecule has 0 spiro atoms. The maximum Gasteiger partial charge on any atom is 0.251 e. The van der Waals surface area contributed by atoms with Crippen LogP contribution >= 0.6 is 0 Å². The number of hydrogen-bond acceptors (Lipinski definition) is 4. The number of benzene rings is 1. The summed E-state index contributed by atoms with van der Waals surface area (Å²) in [4.78, 5) is 16.5. The Morgan fingerprint density at radius 3 is 2.79 bits per heavy atom. The van der Waals surface area contributed by atoms with Gasteiger partial charge < -0.3 is 15.2 Å². The van der Waals surface area contributed by atoms with E-state index in [9.17, 15) is 9.90 Å². The summed E-state index contributed by atoms with van der Waals surface area (Å²) in [5.41, 5.74) is 2.87. The Labute approximate surface area is 140 Å². The molecule has 0 bridgehead atoms. The van der Waals surface area contributed by atoms with Crippen LogP contribution in [0.5, 0.6) is 5.75 Å². The molecule has 1 aliphatic carbocycles. The number of ether oxygens (including phenoxy) is 1. The predicted octanol–water partition coefficient (Wildman–Crippen LogP) is 2.26. The largest absolute Gasteiger partial charge is 0.493 e. The average Bonchev–Trinajstić information content (AvgIpc) is 3.05. The first-order valence-electron chi connectivity index (χ1n) is 8.35. The molecule has 5 heteroatoms. The van der Waals surface area contributed by atoms with E-state index in [0.29, 0.717) is 5.56 Å². The quantitative estimate of drug-likeness (QED) is 0.905. The lowest BCUT2D eigenvalue weighted by molar-refractivity contribution is 0.0235. The maximum atomic E-state index is 12.6. The molecule has 2 N–H and O–H groups in total. The van der Waals surface area contributed by atoms with Crippen molar-refractivity contribution in [2.45, 2.75) is 31.4 Å². The van der Waals surface area contributed by atoms with Gasteiger partial charge in [0.1, 0.15) is 5.75 Å². The summed E-state index contributed by atoms with van der Waals surface area (Å²) in [5.74, 6) is 1.08. The van der Waals surface area contributed by atoms with Crippen LogP contribution in [0.4, 0.5) is 0 Å². The molecule has 5 nitrogen and oxygen atoms in total. The molecule has 1 aliphatic heterocycles. The zero-order chi connectivity index (χ0) is 16.5. The molecule has 124 valence electrons. The molecule has 1 saturated carbocycles. The first kappa shape index (κ1) is 15.1. The summed E-state index contributed by atoms with van der Waals surface area (Å²) in [5, 5.41) is 12.8. The summed E-state index contributed by atoms with van der Waals surface area (Å²) >= 11 is 0. The number of aliphatic hydroxyl groups excluding tert-OH is 1. The lowest BCUT2D eigenvalue weighted by atomic mass is 9.74. The highest BCUT2D eigenvalue weighted by atomic mass is 16.5. The zero-order valence-electron chi connectivity index (χ0n) is 13.3. The fourth-order valence-corrected chi connectivity index (χ4v) is 3.50. The van der Waals surface area contributed by atoms with Crippen molar-refractivity contribution in [2.24, 2.45) is 5.92 Å². The summed E-state index contributed by atoms with van der Waals surface area (Å²) in [6.45, 7) is 0.717. The van der Waals surface area contributed by atoms with Crippen LogP contribution in [0, 0.1) is 5.92 Å². The van der Waals surface area contributed by atoms with Gasteiger partial charge in [-0.15, -0.1) is 0 Å². The first-order chi connectivity index (χ1) is 11.7. The Kier molecular flexibility index (Phi) is 3.94. The van der Waals surface area contributed by atoms with Gasteiger partial charge in [0.15, 0.2) is 0 Å². The van der Waals surface area contributed by atoms with Gasteiger partial charge in [0.05, 0.1) is 18.8 Å². The highest BCUT2D eigenvalue weighted by Gasteiger charge is 2.36. The van der Waals surface area contributed by atoms with E-state index in [4.69, 9.17) is 4.74 Å². The molecule has 1 atom stereocenters. The van der Waals surface area contributed by atoms with Gasteiger partial charge in [-0.25, -0.2) is 0 Å². The Balaban J connectivity index is 1.59. The van der Waals surface area contributed by atoms with E-state index in [1.807, 2.05) is 12.1 Å². The number of aliphatic hydroxyl groups is 1. The first-order valence-corrected chi connectivity index (χ1v) is 8.35. The molecule has 1 aromatic heterocycles. The zero-order valence-corrected chi connectivity index (χ0v) is 13.3. The molecule has 2 heterocycles. The van der Waals surface area contributed by atoms with Crippen molar-refractivity contribution in [3.8, 4) is 5.75 Å². The minimum absolute atomic E-state index is 0.0973. The molecule has 1 amide bonds. The normalized spacial score (nSPS) is 22.9. The highest BCUT2D eigenvalue weighted by molar-refractivity contribution is 5.94. The molecule has 1 aromatic carbocycles. The topological polar surface area (TPSA) is 71.5 Å². The van der Waals surface area contributed by atoms with Crippen molar-refractivity contribution >= 4 is 5.91 Å². The fourth-order valence-electron chi connectivity index (χ4n) is 3.50. The third kappa shape index (κ3) is 2.87. The summed E-state index contributed by atoms with van der Waals surface area (Å²) in [7, 11) is 0. The summed E-state index contributed by atoms with van der Waals surface area (Å²) in [6, 6.07) is 9.45. The molecule has 0 unspecified atom stereocenters. The molecular weight excluding hydrogens is 304 g/mol. The lowest BCUT2D eigenvalue weighted by Gasteiger charge is -2.38. The summed E-state index contributed by atoms with van der Waals surface area (Å²) in [6.07, 6.45) is 5.31. The van der Waals surface area contributed by atoms with Crippen LogP contribution in [0.25, 0.3) is 0 Å². The van der Waals surface area contributed by atoms with Crippen LogP contribution in [-0.4, -0.2) is 28.7 Å².